The number of hydrogen-bond acceptors (Lipinski definition) is 5. The molecule has 3 N–H and O–H groups in total. The Kier molecular flexibility index (Phi) is 6.91. The Bertz CT molecular complexity index is 407. The minimum absolute atomic E-state index is 0.00944. The average molecular weight is 306 g/mol. The Morgan fingerprint density at radius 1 is 1.40 bits per heavy atom. The van der Waals surface area contributed by atoms with Gasteiger partial charge < -0.3 is 15.7 Å². The molecule has 0 radical (unpaired) electrons. The molecule has 0 aromatic carbocycles. The van der Waals surface area contributed by atoms with Gasteiger partial charge in [0.2, 0.25) is 5.91 Å². The monoisotopic (exact) mass is 306 g/mol. The fourth-order valence-corrected chi connectivity index (χ4v) is 3.96. The van der Waals surface area contributed by atoms with E-state index >= 15 is 0 Å². The smallest absolute Gasteiger partial charge is 0.221 e. The van der Waals surface area contributed by atoms with E-state index in [4.69, 9.17) is 0 Å². The standard InChI is InChI=1S/C13H26N2O4S/c1-3-10(4-2)12(16)8-15-13(17)7-11-9-20(18,19)6-5-14-11/h10-12,14,16H,3-9H2,1-2H3,(H,15,17). The number of rotatable bonds is 7. The first-order chi connectivity index (χ1) is 9.38. The minimum atomic E-state index is -3.02. The molecule has 1 aliphatic rings. The SMILES string of the molecule is CCC(CC)C(O)CNC(=O)CC1CS(=O)(=O)CCN1. The van der Waals surface area contributed by atoms with Crippen LogP contribution in [-0.4, -0.2) is 56.2 Å². The molecule has 20 heavy (non-hydrogen) atoms. The van der Waals surface area contributed by atoms with Gasteiger partial charge in [-0.1, -0.05) is 26.7 Å². The summed E-state index contributed by atoms with van der Waals surface area (Å²) in [5, 5.41) is 15.6. The van der Waals surface area contributed by atoms with Gasteiger partial charge in [0.25, 0.3) is 0 Å². The van der Waals surface area contributed by atoms with Crippen molar-refractivity contribution >= 4 is 15.7 Å². The number of carbonyl (C=O) groups excluding carboxylic acids is 1. The summed E-state index contributed by atoms with van der Waals surface area (Å²) >= 11 is 0. The van der Waals surface area contributed by atoms with Crippen LogP contribution in [0.3, 0.4) is 0 Å². The van der Waals surface area contributed by atoms with E-state index in [1.165, 1.54) is 0 Å². The van der Waals surface area contributed by atoms with E-state index in [2.05, 4.69) is 10.6 Å². The summed E-state index contributed by atoms with van der Waals surface area (Å²) in [6.07, 6.45) is 1.33. The van der Waals surface area contributed by atoms with Gasteiger partial charge in [-0.2, -0.15) is 0 Å². The van der Waals surface area contributed by atoms with Gasteiger partial charge in [0, 0.05) is 25.6 Å². The third-order valence-corrected chi connectivity index (χ3v) is 5.57. The predicted octanol–water partition coefficient (Wildman–Crippen LogP) is -0.324. The lowest BCUT2D eigenvalue weighted by Gasteiger charge is -2.24. The second-order valence-electron chi connectivity index (χ2n) is 5.42. The zero-order valence-corrected chi connectivity index (χ0v) is 13.1. The molecule has 0 aromatic rings. The molecule has 1 heterocycles. The van der Waals surface area contributed by atoms with E-state index in [0.717, 1.165) is 12.8 Å². The van der Waals surface area contributed by atoms with Gasteiger partial charge in [-0.05, 0) is 5.92 Å². The molecular weight excluding hydrogens is 280 g/mol. The molecular formula is C13H26N2O4S. The second-order valence-corrected chi connectivity index (χ2v) is 7.65. The molecule has 2 unspecified atom stereocenters. The Hall–Kier alpha value is -0.660. The van der Waals surface area contributed by atoms with Gasteiger partial charge >= 0.3 is 0 Å². The lowest BCUT2D eigenvalue weighted by molar-refractivity contribution is -0.122. The van der Waals surface area contributed by atoms with Crippen molar-refractivity contribution in [3.63, 3.8) is 0 Å². The van der Waals surface area contributed by atoms with Crippen LogP contribution in [0.25, 0.3) is 0 Å². The first kappa shape index (κ1) is 17.4. The van der Waals surface area contributed by atoms with Gasteiger partial charge in [0.1, 0.15) is 0 Å². The topological polar surface area (TPSA) is 95.5 Å². The summed E-state index contributed by atoms with van der Waals surface area (Å²) in [5.41, 5.74) is 0. The van der Waals surface area contributed by atoms with Crippen LogP contribution >= 0.6 is 0 Å². The highest BCUT2D eigenvalue weighted by Gasteiger charge is 2.26. The van der Waals surface area contributed by atoms with E-state index in [0.29, 0.717) is 6.54 Å². The molecule has 0 spiro atoms. The van der Waals surface area contributed by atoms with Crippen molar-refractivity contribution < 1.29 is 18.3 Å². The highest BCUT2D eigenvalue weighted by atomic mass is 32.2. The first-order valence-electron chi connectivity index (χ1n) is 7.26. The maximum absolute atomic E-state index is 11.8. The van der Waals surface area contributed by atoms with E-state index in [1.54, 1.807) is 0 Å². The Morgan fingerprint density at radius 2 is 2.05 bits per heavy atom. The fraction of sp³-hybridized carbons (Fsp3) is 0.923. The van der Waals surface area contributed by atoms with Gasteiger partial charge in [0.15, 0.2) is 9.84 Å². The van der Waals surface area contributed by atoms with Crippen LogP contribution in [0.2, 0.25) is 0 Å². The lowest BCUT2D eigenvalue weighted by Crippen LogP contribution is -2.48. The predicted molar refractivity (Wildman–Crippen MR) is 78.2 cm³/mol. The van der Waals surface area contributed by atoms with Crippen LogP contribution in [0.5, 0.6) is 0 Å². The van der Waals surface area contributed by atoms with Gasteiger partial charge in [-0.25, -0.2) is 8.42 Å². The van der Waals surface area contributed by atoms with Gasteiger partial charge in [-0.3, -0.25) is 4.79 Å². The number of aliphatic hydroxyl groups excluding tert-OH is 1. The molecule has 0 bridgehead atoms. The highest BCUT2D eigenvalue weighted by molar-refractivity contribution is 7.91. The molecule has 7 heteroatoms. The van der Waals surface area contributed by atoms with E-state index in [-0.39, 0.29) is 42.3 Å². The summed E-state index contributed by atoms with van der Waals surface area (Å²) in [5.74, 6) is 0.113. The maximum atomic E-state index is 11.8. The molecule has 1 saturated heterocycles. The summed E-state index contributed by atoms with van der Waals surface area (Å²) in [6, 6.07) is -0.320. The van der Waals surface area contributed by atoms with Crippen LogP contribution in [-0.2, 0) is 14.6 Å². The average Bonchev–Trinajstić information content (AvgIpc) is 2.36. The molecule has 1 rings (SSSR count). The van der Waals surface area contributed by atoms with E-state index in [9.17, 15) is 18.3 Å². The number of aliphatic hydroxyl groups is 1. The van der Waals surface area contributed by atoms with Crippen LogP contribution in [0.1, 0.15) is 33.1 Å². The zero-order chi connectivity index (χ0) is 15.2. The largest absolute Gasteiger partial charge is 0.391 e. The Labute approximate surface area is 121 Å². The second kappa shape index (κ2) is 7.95. The van der Waals surface area contributed by atoms with Crippen LogP contribution in [0.4, 0.5) is 0 Å². The number of hydrogen-bond donors (Lipinski definition) is 3. The quantitative estimate of drug-likeness (QED) is 0.599. The highest BCUT2D eigenvalue weighted by Crippen LogP contribution is 2.12. The Morgan fingerprint density at radius 3 is 2.60 bits per heavy atom. The molecule has 0 aromatic heterocycles. The zero-order valence-electron chi connectivity index (χ0n) is 12.3. The number of nitrogens with one attached hydrogen (secondary N) is 2. The van der Waals surface area contributed by atoms with E-state index in [1.807, 2.05) is 13.8 Å². The number of amides is 1. The van der Waals surface area contributed by atoms with Crippen LogP contribution in [0, 0.1) is 5.92 Å². The first-order valence-corrected chi connectivity index (χ1v) is 9.08. The number of sulfone groups is 1. The maximum Gasteiger partial charge on any atom is 0.221 e. The van der Waals surface area contributed by atoms with Gasteiger partial charge in [0.05, 0.1) is 17.6 Å². The lowest BCUT2D eigenvalue weighted by atomic mass is 9.96. The molecule has 0 aliphatic carbocycles. The minimum Gasteiger partial charge on any atom is -0.391 e. The van der Waals surface area contributed by atoms with Crippen molar-refractivity contribution in [1.82, 2.24) is 10.6 Å². The van der Waals surface area contributed by atoms with Crippen molar-refractivity contribution in [1.29, 1.82) is 0 Å². The normalized spacial score (nSPS) is 23.5. The summed E-state index contributed by atoms with van der Waals surface area (Å²) in [7, 11) is -3.02. The Balaban J connectivity index is 2.33. The molecule has 1 aliphatic heterocycles. The summed E-state index contributed by atoms with van der Waals surface area (Å²) in [6.45, 7) is 4.65. The van der Waals surface area contributed by atoms with Crippen molar-refractivity contribution in [2.24, 2.45) is 5.92 Å². The number of carbonyl (C=O) groups is 1. The van der Waals surface area contributed by atoms with Crippen molar-refractivity contribution in [2.45, 2.75) is 45.3 Å². The van der Waals surface area contributed by atoms with E-state index < -0.39 is 15.9 Å². The third kappa shape index (κ3) is 5.76. The van der Waals surface area contributed by atoms with Gasteiger partial charge in [-0.15, -0.1) is 0 Å². The molecule has 2 atom stereocenters. The van der Waals surface area contributed by atoms with Crippen molar-refractivity contribution in [3.8, 4) is 0 Å². The molecule has 0 saturated carbocycles. The summed E-state index contributed by atoms with van der Waals surface area (Å²) < 4.78 is 22.9. The van der Waals surface area contributed by atoms with Crippen LogP contribution in [0.15, 0.2) is 0 Å². The molecule has 1 fully saturated rings. The third-order valence-electron chi connectivity index (χ3n) is 3.83. The van der Waals surface area contributed by atoms with Crippen molar-refractivity contribution in [2.75, 3.05) is 24.6 Å². The molecule has 1 amide bonds. The van der Waals surface area contributed by atoms with Crippen molar-refractivity contribution in [3.05, 3.63) is 0 Å². The molecule has 6 nitrogen and oxygen atoms in total. The summed E-state index contributed by atoms with van der Waals surface area (Å²) in [4.78, 5) is 11.8. The molecule has 118 valence electrons. The van der Waals surface area contributed by atoms with Crippen LogP contribution < -0.4 is 10.6 Å². The fourth-order valence-electron chi connectivity index (χ4n) is 2.51.